The van der Waals surface area contributed by atoms with E-state index in [1.165, 1.54) is 19.2 Å². The fourth-order valence-corrected chi connectivity index (χ4v) is 3.17. The SMILES string of the molecule is COc1ccccc1[C@@H](N)CNS(=O)(=O)c1ccc([N+](=O)[O-])cc1. The zero-order valence-electron chi connectivity index (χ0n) is 12.9. The number of nitro benzene ring substituents is 1. The first-order valence-electron chi connectivity index (χ1n) is 6.98. The van der Waals surface area contributed by atoms with E-state index >= 15 is 0 Å². The molecule has 1 atom stereocenters. The van der Waals surface area contributed by atoms with Gasteiger partial charge in [-0.1, -0.05) is 18.2 Å². The summed E-state index contributed by atoms with van der Waals surface area (Å²) in [4.78, 5) is 9.94. The van der Waals surface area contributed by atoms with Gasteiger partial charge in [-0.3, -0.25) is 10.1 Å². The van der Waals surface area contributed by atoms with Crippen molar-refractivity contribution in [1.82, 2.24) is 4.72 Å². The maximum absolute atomic E-state index is 12.2. The van der Waals surface area contributed by atoms with Gasteiger partial charge in [-0.05, 0) is 18.2 Å². The summed E-state index contributed by atoms with van der Waals surface area (Å²) in [5.41, 5.74) is 6.52. The number of nitrogens with two attached hydrogens (primary N) is 1. The van der Waals surface area contributed by atoms with E-state index in [9.17, 15) is 18.5 Å². The number of para-hydroxylation sites is 1. The van der Waals surface area contributed by atoms with Crippen LogP contribution in [-0.2, 0) is 10.0 Å². The summed E-state index contributed by atoms with van der Waals surface area (Å²) in [6.45, 7) is -0.0420. The summed E-state index contributed by atoms with van der Waals surface area (Å²) in [5.74, 6) is 0.569. The number of rotatable bonds is 7. The lowest BCUT2D eigenvalue weighted by atomic mass is 10.1. The monoisotopic (exact) mass is 351 g/mol. The van der Waals surface area contributed by atoms with Gasteiger partial charge >= 0.3 is 0 Å². The summed E-state index contributed by atoms with van der Waals surface area (Å²) >= 11 is 0. The lowest BCUT2D eigenvalue weighted by Crippen LogP contribution is -2.32. The Kier molecular flexibility index (Phi) is 5.50. The number of ether oxygens (including phenoxy) is 1. The summed E-state index contributed by atoms with van der Waals surface area (Å²) in [6, 6.07) is 11.1. The van der Waals surface area contributed by atoms with Crippen molar-refractivity contribution in [2.45, 2.75) is 10.9 Å². The molecule has 2 aromatic rings. The van der Waals surface area contributed by atoms with Gasteiger partial charge in [0.1, 0.15) is 5.75 Å². The van der Waals surface area contributed by atoms with Crippen molar-refractivity contribution in [1.29, 1.82) is 0 Å². The van der Waals surface area contributed by atoms with Crippen molar-refractivity contribution in [3.8, 4) is 5.75 Å². The third kappa shape index (κ3) is 4.07. The molecule has 0 spiro atoms. The van der Waals surface area contributed by atoms with E-state index in [0.717, 1.165) is 12.1 Å². The van der Waals surface area contributed by atoms with Crippen molar-refractivity contribution in [2.75, 3.05) is 13.7 Å². The van der Waals surface area contributed by atoms with Crippen molar-refractivity contribution >= 4 is 15.7 Å². The Labute approximate surface area is 139 Å². The van der Waals surface area contributed by atoms with Gasteiger partial charge in [-0.25, -0.2) is 13.1 Å². The Balaban J connectivity index is 2.10. The van der Waals surface area contributed by atoms with Gasteiger partial charge in [0.15, 0.2) is 0 Å². The van der Waals surface area contributed by atoms with Crippen LogP contribution in [0.5, 0.6) is 5.75 Å². The van der Waals surface area contributed by atoms with E-state index in [1.807, 2.05) is 0 Å². The number of benzene rings is 2. The Morgan fingerprint density at radius 1 is 1.21 bits per heavy atom. The molecular formula is C15H17N3O5S. The van der Waals surface area contributed by atoms with Gasteiger partial charge < -0.3 is 10.5 Å². The molecule has 0 aromatic heterocycles. The van der Waals surface area contributed by atoms with Crippen molar-refractivity contribution in [3.63, 3.8) is 0 Å². The number of nitrogens with one attached hydrogen (secondary N) is 1. The molecule has 0 bridgehead atoms. The third-order valence-corrected chi connectivity index (χ3v) is 4.83. The molecule has 0 saturated heterocycles. The van der Waals surface area contributed by atoms with Gasteiger partial charge in [0.2, 0.25) is 10.0 Å². The number of nitro groups is 1. The highest BCUT2D eigenvalue weighted by atomic mass is 32.2. The van der Waals surface area contributed by atoms with Gasteiger partial charge in [0.25, 0.3) is 5.69 Å². The Morgan fingerprint density at radius 3 is 2.42 bits per heavy atom. The van der Waals surface area contributed by atoms with Crippen LogP contribution < -0.4 is 15.2 Å². The van der Waals surface area contributed by atoms with Crippen molar-refractivity contribution < 1.29 is 18.1 Å². The lowest BCUT2D eigenvalue weighted by molar-refractivity contribution is -0.384. The largest absolute Gasteiger partial charge is 0.496 e. The molecule has 0 saturated carbocycles. The minimum atomic E-state index is -3.82. The lowest BCUT2D eigenvalue weighted by Gasteiger charge is -2.16. The number of sulfonamides is 1. The minimum Gasteiger partial charge on any atom is -0.496 e. The molecule has 24 heavy (non-hydrogen) atoms. The third-order valence-electron chi connectivity index (χ3n) is 3.39. The minimum absolute atomic E-state index is 0.0420. The zero-order valence-corrected chi connectivity index (χ0v) is 13.7. The summed E-state index contributed by atoms with van der Waals surface area (Å²) in [7, 11) is -2.31. The fraction of sp³-hybridized carbons (Fsp3) is 0.200. The molecular weight excluding hydrogens is 334 g/mol. The van der Waals surface area contributed by atoms with Gasteiger partial charge in [0.05, 0.1) is 16.9 Å². The molecule has 0 aliphatic rings. The van der Waals surface area contributed by atoms with E-state index in [2.05, 4.69) is 4.72 Å². The predicted octanol–water partition coefficient (Wildman–Crippen LogP) is 1.58. The van der Waals surface area contributed by atoms with E-state index in [-0.39, 0.29) is 17.1 Å². The first-order chi connectivity index (χ1) is 11.3. The van der Waals surface area contributed by atoms with Crippen LogP contribution in [0.4, 0.5) is 5.69 Å². The predicted molar refractivity (Wildman–Crippen MR) is 88.2 cm³/mol. The highest BCUT2D eigenvalue weighted by molar-refractivity contribution is 7.89. The van der Waals surface area contributed by atoms with Crippen LogP contribution in [0.1, 0.15) is 11.6 Å². The summed E-state index contributed by atoms with van der Waals surface area (Å²) < 4.78 is 32.1. The van der Waals surface area contributed by atoms with Crippen LogP contribution in [0, 0.1) is 10.1 Å². The molecule has 3 N–H and O–H groups in total. The second-order valence-electron chi connectivity index (χ2n) is 4.95. The average molecular weight is 351 g/mol. The number of non-ortho nitro benzene ring substituents is 1. The van der Waals surface area contributed by atoms with E-state index in [1.54, 1.807) is 24.3 Å². The molecule has 9 heteroatoms. The van der Waals surface area contributed by atoms with Crippen molar-refractivity contribution in [2.24, 2.45) is 5.73 Å². The molecule has 2 rings (SSSR count). The van der Waals surface area contributed by atoms with Gasteiger partial charge in [0, 0.05) is 30.3 Å². The molecule has 2 aromatic carbocycles. The summed E-state index contributed by atoms with van der Waals surface area (Å²) in [6.07, 6.45) is 0. The van der Waals surface area contributed by atoms with Crippen LogP contribution in [0.2, 0.25) is 0 Å². The molecule has 0 heterocycles. The topological polar surface area (TPSA) is 125 Å². The average Bonchev–Trinajstić information content (AvgIpc) is 2.59. The summed E-state index contributed by atoms with van der Waals surface area (Å²) in [5, 5.41) is 10.6. The molecule has 0 fully saturated rings. The highest BCUT2D eigenvalue weighted by Gasteiger charge is 2.18. The van der Waals surface area contributed by atoms with Crippen LogP contribution in [0.3, 0.4) is 0 Å². The molecule has 128 valence electrons. The number of hydrogen-bond acceptors (Lipinski definition) is 6. The van der Waals surface area contributed by atoms with E-state index in [0.29, 0.717) is 11.3 Å². The molecule has 0 aliphatic carbocycles. The van der Waals surface area contributed by atoms with Gasteiger partial charge in [-0.15, -0.1) is 0 Å². The quantitative estimate of drug-likeness (QED) is 0.576. The van der Waals surface area contributed by atoms with E-state index in [4.69, 9.17) is 10.5 Å². The molecule has 0 unspecified atom stereocenters. The fourth-order valence-electron chi connectivity index (χ4n) is 2.11. The first kappa shape index (κ1) is 17.9. The van der Waals surface area contributed by atoms with Gasteiger partial charge in [-0.2, -0.15) is 0 Å². The second-order valence-corrected chi connectivity index (χ2v) is 6.72. The molecule has 0 aliphatic heterocycles. The number of methoxy groups -OCH3 is 1. The number of hydrogen-bond donors (Lipinski definition) is 2. The molecule has 0 amide bonds. The second kappa shape index (κ2) is 7.39. The normalized spacial score (nSPS) is 12.6. The maximum atomic E-state index is 12.2. The van der Waals surface area contributed by atoms with E-state index < -0.39 is 21.0 Å². The maximum Gasteiger partial charge on any atom is 0.269 e. The number of nitrogens with zero attached hydrogens (tertiary/aromatic N) is 1. The van der Waals surface area contributed by atoms with Crippen LogP contribution in [0.15, 0.2) is 53.4 Å². The zero-order chi connectivity index (χ0) is 17.7. The van der Waals surface area contributed by atoms with Crippen LogP contribution in [0.25, 0.3) is 0 Å². The Bertz CT molecular complexity index is 821. The smallest absolute Gasteiger partial charge is 0.269 e. The van der Waals surface area contributed by atoms with Crippen molar-refractivity contribution in [3.05, 3.63) is 64.2 Å². The van der Waals surface area contributed by atoms with Crippen LogP contribution in [-0.4, -0.2) is 27.0 Å². The molecule has 8 nitrogen and oxygen atoms in total. The standard InChI is InChI=1S/C15H17N3O5S/c1-23-15-5-3-2-4-13(15)14(16)10-17-24(21,22)12-8-6-11(7-9-12)18(19)20/h2-9,14,17H,10,16H2,1H3/t14-/m0/s1. The molecule has 0 radical (unpaired) electrons. The first-order valence-corrected chi connectivity index (χ1v) is 8.46. The highest BCUT2D eigenvalue weighted by Crippen LogP contribution is 2.23. The Hall–Kier alpha value is -2.49. The Morgan fingerprint density at radius 2 is 1.83 bits per heavy atom. The van der Waals surface area contributed by atoms with Crippen LogP contribution >= 0.6 is 0 Å².